The molecular weight excluding hydrogens is 162 g/mol. The molecule has 1 rings (SSSR count). The maximum absolute atomic E-state index is 9.57. The number of pyridine rings is 1. The molecule has 0 bridgehead atoms. The van der Waals surface area contributed by atoms with Crippen LogP contribution in [0.4, 0.5) is 0 Å². The Hall–Kier alpha value is -1.31. The zero-order valence-electron chi connectivity index (χ0n) is 8.39. The topological polar surface area (TPSA) is 33.1 Å². The molecule has 0 aliphatic heterocycles. The average Bonchev–Trinajstić information content (AvgIpc) is 1.96. The lowest BCUT2D eigenvalue weighted by molar-refractivity contribution is 0.445. The first-order chi connectivity index (χ1) is 6.00. The van der Waals surface area contributed by atoms with Crippen LogP contribution in [0.5, 0.6) is 5.88 Å². The highest BCUT2D eigenvalue weighted by Crippen LogP contribution is 2.21. The van der Waals surface area contributed by atoms with Crippen LogP contribution < -0.4 is 0 Å². The van der Waals surface area contributed by atoms with E-state index in [9.17, 15) is 5.11 Å². The summed E-state index contributed by atoms with van der Waals surface area (Å²) in [7, 11) is 0. The molecule has 1 N–H and O–H groups in total. The van der Waals surface area contributed by atoms with Crippen molar-refractivity contribution < 1.29 is 5.11 Å². The Bertz CT molecular complexity index is 319. The van der Waals surface area contributed by atoms with Crippen molar-refractivity contribution in [2.45, 2.75) is 27.2 Å². The molecule has 0 atom stereocenters. The van der Waals surface area contributed by atoms with Gasteiger partial charge in [-0.15, -0.1) is 0 Å². The molecule has 2 nitrogen and oxygen atoms in total. The van der Waals surface area contributed by atoms with Crippen LogP contribution in [-0.4, -0.2) is 10.1 Å². The number of aryl methyl sites for hydroxylation is 2. The molecule has 0 spiro atoms. The van der Waals surface area contributed by atoms with Crippen LogP contribution in [0.2, 0.25) is 0 Å². The number of aromatic hydroxyl groups is 1. The minimum absolute atomic E-state index is 0.139. The first kappa shape index (κ1) is 9.78. The summed E-state index contributed by atoms with van der Waals surface area (Å²) in [5, 5.41) is 9.57. The van der Waals surface area contributed by atoms with Crippen molar-refractivity contribution in [1.29, 1.82) is 0 Å². The van der Waals surface area contributed by atoms with E-state index < -0.39 is 0 Å². The second-order valence-electron chi connectivity index (χ2n) is 3.52. The predicted octanol–water partition coefficient (Wildman–Crippen LogP) is 2.52. The molecule has 0 unspecified atom stereocenters. The third-order valence-corrected chi connectivity index (χ3v) is 1.93. The quantitative estimate of drug-likeness (QED) is 0.704. The maximum atomic E-state index is 9.57. The summed E-state index contributed by atoms with van der Waals surface area (Å²) >= 11 is 0. The second-order valence-corrected chi connectivity index (χ2v) is 3.52. The number of allylic oxidation sites excluding steroid dienone is 1. The number of nitrogens with zero attached hydrogens (tertiary/aromatic N) is 1. The molecule has 0 aliphatic carbocycles. The Kier molecular flexibility index (Phi) is 2.71. The summed E-state index contributed by atoms with van der Waals surface area (Å²) in [6.45, 7) is 9.61. The molecule has 0 saturated heterocycles. The van der Waals surface area contributed by atoms with Gasteiger partial charge in [0.1, 0.15) is 0 Å². The standard InChI is InChI=1S/C11H15NO/c1-7(2)5-10-8(3)6-9(4)12-11(10)13/h6H,1,5H2,2-4H3,(H,12,13). The van der Waals surface area contributed by atoms with Crippen LogP contribution in [0.15, 0.2) is 18.2 Å². The fourth-order valence-corrected chi connectivity index (χ4v) is 1.36. The van der Waals surface area contributed by atoms with Crippen molar-refractivity contribution in [2.75, 3.05) is 0 Å². The van der Waals surface area contributed by atoms with E-state index in [0.29, 0.717) is 6.42 Å². The summed E-state index contributed by atoms with van der Waals surface area (Å²) in [4.78, 5) is 4.00. The molecular formula is C11H15NO. The summed E-state index contributed by atoms with van der Waals surface area (Å²) in [5.41, 5.74) is 3.84. The van der Waals surface area contributed by atoms with Crippen molar-refractivity contribution in [1.82, 2.24) is 4.98 Å². The van der Waals surface area contributed by atoms with E-state index >= 15 is 0 Å². The van der Waals surface area contributed by atoms with E-state index in [1.54, 1.807) is 0 Å². The first-order valence-corrected chi connectivity index (χ1v) is 4.31. The van der Waals surface area contributed by atoms with Gasteiger partial charge in [-0.05, 0) is 38.8 Å². The van der Waals surface area contributed by atoms with Crippen molar-refractivity contribution in [2.24, 2.45) is 0 Å². The molecule has 1 heterocycles. The number of aromatic nitrogens is 1. The van der Waals surface area contributed by atoms with Gasteiger partial charge in [0.15, 0.2) is 0 Å². The number of hydrogen-bond acceptors (Lipinski definition) is 2. The van der Waals surface area contributed by atoms with Gasteiger partial charge in [0.25, 0.3) is 0 Å². The summed E-state index contributed by atoms with van der Waals surface area (Å²) in [6.07, 6.45) is 0.699. The first-order valence-electron chi connectivity index (χ1n) is 4.31. The van der Waals surface area contributed by atoms with Crippen LogP contribution in [0.3, 0.4) is 0 Å². The predicted molar refractivity (Wildman–Crippen MR) is 53.9 cm³/mol. The van der Waals surface area contributed by atoms with Gasteiger partial charge in [0.05, 0.1) is 0 Å². The zero-order valence-corrected chi connectivity index (χ0v) is 8.39. The fourth-order valence-electron chi connectivity index (χ4n) is 1.36. The molecule has 1 aromatic rings. The Morgan fingerprint density at radius 1 is 1.54 bits per heavy atom. The summed E-state index contributed by atoms with van der Waals surface area (Å²) < 4.78 is 0. The van der Waals surface area contributed by atoms with Crippen molar-refractivity contribution >= 4 is 0 Å². The highest BCUT2D eigenvalue weighted by atomic mass is 16.3. The number of rotatable bonds is 2. The fraction of sp³-hybridized carbons (Fsp3) is 0.364. The van der Waals surface area contributed by atoms with E-state index in [0.717, 1.165) is 22.4 Å². The third kappa shape index (κ3) is 2.31. The van der Waals surface area contributed by atoms with E-state index in [2.05, 4.69) is 11.6 Å². The lowest BCUT2D eigenvalue weighted by Crippen LogP contribution is -1.95. The summed E-state index contributed by atoms with van der Waals surface area (Å²) in [6, 6.07) is 1.97. The second kappa shape index (κ2) is 3.60. The van der Waals surface area contributed by atoms with Crippen molar-refractivity contribution in [3.05, 3.63) is 35.0 Å². The highest BCUT2D eigenvalue weighted by molar-refractivity contribution is 5.37. The van der Waals surface area contributed by atoms with Gasteiger partial charge in [-0.3, -0.25) is 0 Å². The summed E-state index contributed by atoms with van der Waals surface area (Å²) in [5.74, 6) is 0.139. The Morgan fingerprint density at radius 2 is 2.15 bits per heavy atom. The van der Waals surface area contributed by atoms with E-state index in [-0.39, 0.29) is 5.88 Å². The van der Waals surface area contributed by atoms with Crippen LogP contribution in [-0.2, 0) is 6.42 Å². The van der Waals surface area contributed by atoms with Gasteiger partial charge in [0.2, 0.25) is 5.88 Å². The largest absolute Gasteiger partial charge is 0.493 e. The van der Waals surface area contributed by atoms with Crippen LogP contribution in [0.1, 0.15) is 23.7 Å². The average molecular weight is 177 g/mol. The monoisotopic (exact) mass is 177 g/mol. The minimum atomic E-state index is 0.139. The maximum Gasteiger partial charge on any atom is 0.214 e. The molecule has 13 heavy (non-hydrogen) atoms. The molecule has 0 aliphatic rings. The SMILES string of the molecule is C=C(C)Cc1c(C)cc(C)nc1O. The highest BCUT2D eigenvalue weighted by Gasteiger charge is 2.07. The van der Waals surface area contributed by atoms with Gasteiger partial charge in [-0.1, -0.05) is 12.2 Å². The molecule has 0 saturated carbocycles. The van der Waals surface area contributed by atoms with Gasteiger partial charge >= 0.3 is 0 Å². The Labute approximate surface area is 78.9 Å². The number of hydrogen-bond donors (Lipinski definition) is 1. The zero-order chi connectivity index (χ0) is 10.0. The van der Waals surface area contributed by atoms with Crippen molar-refractivity contribution in [3.8, 4) is 5.88 Å². The molecule has 2 heteroatoms. The molecule has 1 aromatic heterocycles. The Balaban J connectivity index is 3.13. The smallest absolute Gasteiger partial charge is 0.214 e. The normalized spacial score (nSPS) is 10.1. The van der Waals surface area contributed by atoms with E-state index in [1.807, 2.05) is 26.8 Å². The minimum Gasteiger partial charge on any atom is -0.493 e. The molecule has 0 aromatic carbocycles. The molecule has 0 amide bonds. The van der Waals surface area contributed by atoms with Gasteiger partial charge in [-0.25, -0.2) is 4.98 Å². The lowest BCUT2D eigenvalue weighted by atomic mass is 10.0. The van der Waals surface area contributed by atoms with Gasteiger partial charge < -0.3 is 5.11 Å². The van der Waals surface area contributed by atoms with Gasteiger partial charge in [0, 0.05) is 11.3 Å². The van der Waals surface area contributed by atoms with Crippen LogP contribution >= 0.6 is 0 Å². The third-order valence-electron chi connectivity index (χ3n) is 1.93. The van der Waals surface area contributed by atoms with E-state index in [4.69, 9.17) is 0 Å². The molecule has 70 valence electrons. The van der Waals surface area contributed by atoms with Crippen LogP contribution in [0.25, 0.3) is 0 Å². The van der Waals surface area contributed by atoms with Crippen LogP contribution in [0, 0.1) is 13.8 Å². The van der Waals surface area contributed by atoms with E-state index in [1.165, 1.54) is 0 Å². The molecule has 0 radical (unpaired) electrons. The lowest BCUT2D eigenvalue weighted by Gasteiger charge is -2.08. The molecule has 0 fully saturated rings. The van der Waals surface area contributed by atoms with Crippen molar-refractivity contribution in [3.63, 3.8) is 0 Å². The Morgan fingerprint density at radius 3 is 2.62 bits per heavy atom. The van der Waals surface area contributed by atoms with Gasteiger partial charge in [-0.2, -0.15) is 0 Å².